The minimum Gasteiger partial charge on any atom is -0.493 e. The monoisotopic (exact) mass is 461 g/mol. The highest BCUT2D eigenvalue weighted by Gasteiger charge is 2.14. The summed E-state index contributed by atoms with van der Waals surface area (Å²) in [5.41, 5.74) is 4.23. The van der Waals surface area contributed by atoms with Gasteiger partial charge in [0.1, 0.15) is 18.0 Å². The number of aromatic nitrogens is 2. The van der Waals surface area contributed by atoms with Crippen molar-refractivity contribution in [1.82, 2.24) is 14.7 Å². The summed E-state index contributed by atoms with van der Waals surface area (Å²) in [6.45, 7) is 2.69. The Morgan fingerprint density at radius 2 is 1.65 bits per heavy atom. The number of nitrogens with zero attached hydrogens (tertiary/aromatic N) is 2. The summed E-state index contributed by atoms with van der Waals surface area (Å²) in [5.74, 6) is 2.04. The number of hydrogen-bond donors (Lipinski definition) is 1. The first kappa shape index (κ1) is 23.0. The standard InChI is InChI=1S/C26H27N3O5/c1-17-5-10-24-28-20(15-29(24)14-17)16-34-21-8-6-19(7-9-21)26(30)27-13-18-11-22(31-2)25(33-4)23(12-18)32-3/h5-12,14-15H,13,16H2,1-4H3,(H,27,30). The fourth-order valence-corrected chi connectivity index (χ4v) is 3.61. The van der Waals surface area contributed by atoms with E-state index in [4.69, 9.17) is 18.9 Å². The Hall–Kier alpha value is -4.20. The van der Waals surface area contributed by atoms with Crippen LogP contribution in [0.3, 0.4) is 0 Å². The zero-order chi connectivity index (χ0) is 24.1. The Kier molecular flexibility index (Phi) is 6.87. The van der Waals surface area contributed by atoms with Crippen LogP contribution in [-0.4, -0.2) is 36.6 Å². The lowest BCUT2D eigenvalue weighted by molar-refractivity contribution is 0.0950. The fourth-order valence-electron chi connectivity index (χ4n) is 3.61. The number of methoxy groups -OCH3 is 3. The number of hydrogen-bond acceptors (Lipinski definition) is 6. The molecule has 0 saturated heterocycles. The molecule has 0 atom stereocenters. The summed E-state index contributed by atoms with van der Waals surface area (Å²) in [4.78, 5) is 17.2. The van der Waals surface area contributed by atoms with E-state index in [-0.39, 0.29) is 5.91 Å². The predicted octanol–water partition coefficient (Wildman–Crippen LogP) is 4.18. The third kappa shape index (κ3) is 5.06. The van der Waals surface area contributed by atoms with Crippen LogP contribution >= 0.6 is 0 Å². The zero-order valence-electron chi connectivity index (χ0n) is 19.6. The van der Waals surface area contributed by atoms with Crippen LogP contribution in [0.2, 0.25) is 0 Å². The molecule has 0 saturated carbocycles. The lowest BCUT2D eigenvalue weighted by Gasteiger charge is -2.14. The van der Waals surface area contributed by atoms with Crippen LogP contribution in [-0.2, 0) is 13.2 Å². The highest BCUT2D eigenvalue weighted by molar-refractivity contribution is 5.94. The first-order chi connectivity index (χ1) is 16.5. The molecule has 34 heavy (non-hydrogen) atoms. The molecule has 2 aromatic heterocycles. The van der Waals surface area contributed by atoms with E-state index < -0.39 is 0 Å². The van der Waals surface area contributed by atoms with Gasteiger partial charge in [-0.15, -0.1) is 0 Å². The third-order valence-electron chi connectivity index (χ3n) is 5.33. The van der Waals surface area contributed by atoms with Crippen molar-refractivity contribution in [2.24, 2.45) is 0 Å². The van der Waals surface area contributed by atoms with Crippen LogP contribution in [0.5, 0.6) is 23.0 Å². The number of fused-ring (bicyclic) bond motifs is 1. The van der Waals surface area contributed by atoms with Gasteiger partial charge in [-0.25, -0.2) is 4.98 Å². The lowest BCUT2D eigenvalue weighted by Crippen LogP contribution is -2.22. The van der Waals surface area contributed by atoms with Gasteiger partial charge in [0.2, 0.25) is 5.75 Å². The molecule has 0 spiro atoms. The quantitative estimate of drug-likeness (QED) is 0.403. The maximum absolute atomic E-state index is 12.6. The van der Waals surface area contributed by atoms with Crippen molar-refractivity contribution in [3.8, 4) is 23.0 Å². The van der Waals surface area contributed by atoms with Gasteiger partial charge in [0, 0.05) is 24.5 Å². The molecule has 0 bridgehead atoms. The molecule has 8 heteroatoms. The number of aryl methyl sites for hydroxylation is 1. The SMILES string of the molecule is COc1cc(CNC(=O)c2ccc(OCc3cn4cc(C)ccc4n3)cc2)cc(OC)c1OC. The number of rotatable bonds is 9. The molecule has 0 fully saturated rings. The summed E-state index contributed by atoms with van der Waals surface area (Å²) in [6, 6.07) is 14.6. The van der Waals surface area contributed by atoms with Crippen LogP contribution in [0.15, 0.2) is 60.9 Å². The van der Waals surface area contributed by atoms with Gasteiger partial charge in [0.05, 0.1) is 27.0 Å². The Balaban J connectivity index is 1.35. The Bertz CT molecular complexity index is 1270. The molecule has 4 rings (SSSR count). The van der Waals surface area contributed by atoms with Crippen LogP contribution in [0, 0.1) is 6.92 Å². The predicted molar refractivity (Wildman–Crippen MR) is 128 cm³/mol. The van der Waals surface area contributed by atoms with Gasteiger partial charge in [-0.05, 0) is 60.5 Å². The number of nitrogens with one attached hydrogen (secondary N) is 1. The molecule has 0 aliphatic rings. The van der Waals surface area contributed by atoms with Crippen molar-refractivity contribution in [2.75, 3.05) is 21.3 Å². The van der Waals surface area contributed by atoms with E-state index in [1.807, 2.05) is 35.9 Å². The van der Waals surface area contributed by atoms with E-state index in [1.165, 1.54) is 0 Å². The second kappa shape index (κ2) is 10.2. The van der Waals surface area contributed by atoms with Crippen LogP contribution in [0.4, 0.5) is 0 Å². The van der Waals surface area contributed by atoms with Gasteiger partial charge >= 0.3 is 0 Å². The number of imidazole rings is 1. The molecular weight excluding hydrogens is 434 g/mol. The number of pyridine rings is 1. The summed E-state index contributed by atoms with van der Waals surface area (Å²) in [7, 11) is 4.66. The van der Waals surface area contributed by atoms with Crippen molar-refractivity contribution in [2.45, 2.75) is 20.1 Å². The summed E-state index contributed by atoms with van der Waals surface area (Å²) < 4.78 is 23.9. The largest absolute Gasteiger partial charge is 0.493 e. The Morgan fingerprint density at radius 1 is 0.941 bits per heavy atom. The van der Waals surface area contributed by atoms with Crippen molar-refractivity contribution in [1.29, 1.82) is 0 Å². The second-order valence-electron chi connectivity index (χ2n) is 7.73. The van der Waals surface area contributed by atoms with Gasteiger partial charge in [0.15, 0.2) is 11.5 Å². The average Bonchev–Trinajstić information content (AvgIpc) is 3.27. The summed E-state index contributed by atoms with van der Waals surface area (Å²) >= 11 is 0. The van der Waals surface area contributed by atoms with E-state index in [9.17, 15) is 4.79 Å². The molecule has 1 amide bonds. The number of carbonyl (C=O) groups excluding carboxylic acids is 1. The number of carbonyl (C=O) groups is 1. The average molecular weight is 462 g/mol. The normalized spacial score (nSPS) is 10.7. The smallest absolute Gasteiger partial charge is 0.251 e. The van der Waals surface area contributed by atoms with Gasteiger partial charge in [0.25, 0.3) is 5.91 Å². The van der Waals surface area contributed by atoms with E-state index >= 15 is 0 Å². The van der Waals surface area contributed by atoms with Crippen LogP contribution in [0.1, 0.15) is 27.2 Å². The highest BCUT2D eigenvalue weighted by Crippen LogP contribution is 2.38. The molecule has 0 aliphatic heterocycles. The van der Waals surface area contributed by atoms with Gasteiger partial charge in [-0.2, -0.15) is 0 Å². The Labute approximate surface area is 198 Å². The summed E-state index contributed by atoms with van der Waals surface area (Å²) in [6.07, 6.45) is 3.98. The third-order valence-corrected chi connectivity index (χ3v) is 5.33. The van der Waals surface area contributed by atoms with Crippen molar-refractivity contribution < 1.29 is 23.7 Å². The molecule has 8 nitrogen and oxygen atoms in total. The number of ether oxygens (including phenoxy) is 4. The first-order valence-electron chi connectivity index (χ1n) is 10.7. The summed E-state index contributed by atoms with van der Waals surface area (Å²) in [5, 5.41) is 2.91. The van der Waals surface area contributed by atoms with E-state index in [0.717, 1.165) is 22.5 Å². The van der Waals surface area contributed by atoms with E-state index in [1.54, 1.807) is 57.7 Å². The molecular formula is C26H27N3O5. The second-order valence-corrected chi connectivity index (χ2v) is 7.73. The molecule has 0 unspecified atom stereocenters. The minimum absolute atomic E-state index is 0.198. The van der Waals surface area contributed by atoms with Crippen molar-refractivity contribution in [3.63, 3.8) is 0 Å². The van der Waals surface area contributed by atoms with E-state index in [2.05, 4.69) is 10.3 Å². The maximum Gasteiger partial charge on any atom is 0.251 e. The van der Waals surface area contributed by atoms with Crippen LogP contribution < -0.4 is 24.3 Å². The van der Waals surface area contributed by atoms with Crippen LogP contribution in [0.25, 0.3) is 5.65 Å². The zero-order valence-corrected chi connectivity index (χ0v) is 19.6. The van der Waals surface area contributed by atoms with Crippen molar-refractivity contribution >= 4 is 11.6 Å². The number of benzene rings is 2. The van der Waals surface area contributed by atoms with Crippen molar-refractivity contribution in [3.05, 3.63) is 83.3 Å². The molecule has 4 aromatic rings. The highest BCUT2D eigenvalue weighted by atomic mass is 16.5. The molecule has 176 valence electrons. The topological polar surface area (TPSA) is 83.3 Å². The van der Waals surface area contributed by atoms with Gasteiger partial charge in [-0.1, -0.05) is 6.07 Å². The molecule has 0 aliphatic carbocycles. The lowest BCUT2D eigenvalue weighted by atomic mass is 10.1. The maximum atomic E-state index is 12.6. The molecule has 1 N–H and O–H groups in total. The molecule has 2 heterocycles. The van der Waals surface area contributed by atoms with E-state index in [0.29, 0.717) is 41.7 Å². The number of amides is 1. The van der Waals surface area contributed by atoms with Gasteiger partial charge < -0.3 is 28.7 Å². The Morgan fingerprint density at radius 3 is 2.29 bits per heavy atom. The fraction of sp³-hybridized carbons (Fsp3) is 0.231. The first-order valence-corrected chi connectivity index (χ1v) is 10.7. The minimum atomic E-state index is -0.198. The van der Waals surface area contributed by atoms with Gasteiger partial charge in [-0.3, -0.25) is 4.79 Å². The molecule has 2 aromatic carbocycles. The molecule has 0 radical (unpaired) electrons.